The minimum Gasteiger partial charge on any atom is -0.484 e. The lowest BCUT2D eigenvalue weighted by molar-refractivity contribution is -0.134. The lowest BCUT2D eigenvalue weighted by atomic mass is 10.1. The van der Waals surface area contributed by atoms with Crippen molar-refractivity contribution in [1.82, 2.24) is 9.21 Å². The van der Waals surface area contributed by atoms with Crippen molar-refractivity contribution in [1.29, 1.82) is 0 Å². The zero-order valence-electron chi connectivity index (χ0n) is 17.4. The molecule has 1 saturated heterocycles. The highest BCUT2D eigenvalue weighted by Crippen LogP contribution is 2.26. The molecule has 0 spiro atoms. The van der Waals surface area contributed by atoms with E-state index in [1.54, 1.807) is 4.90 Å². The Morgan fingerprint density at radius 3 is 2.00 bits per heavy atom. The SMILES string of the molecule is Cc1ccc(OCC(=O)N2CCN(S(=O)(=O)c3c(C)cc(C)cc3C)CC2)cc1. The summed E-state index contributed by atoms with van der Waals surface area (Å²) in [5.41, 5.74) is 3.68. The number of aryl methyl sites for hydroxylation is 4. The maximum Gasteiger partial charge on any atom is 0.260 e. The van der Waals surface area contributed by atoms with Crippen LogP contribution in [-0.4, -0.2) is 56.3 Å². The van der Waals surface area contributed by atoms with Crippen LogP contribution in [0.15, 0.2) is 41.3 Å². The van der Waals surface area contributed by atoms with E-state index in [-0.39, 0.29) is 25.6 Å². The van der Waals surface area contributed by atoms with Crippen LogP contribution in [0.1, 0.15) is 22.3 Å². The van der Waals surface area contributed by atoms with Crippen LogP contribution >= 0.6 is 0 Å². The number of sulfonamides is 1. The van der Waals surface area contributed by atoms with Crippen molar-refractivity contribution in [3.63, 3.8) is 0 Å². The first-order chi connectivity index (χ1) is 13.7. The molecule has 0 N–H and O–H groups in total. The summed E-state index contributed by atoms with van der Waals surface area (Å²) in [4.78, 5) is 14.5. The Morgan fingerprint density at radius 1 is 0.897 bits per heavy atom. The molecule has 1 aliphatic heterocycles. The molecule has 1 amide bonds. The fourth-order valence-electron chi connectivity index (χ4n) is 3.75. The Hall–Kier alpha value is -2.38. The Balaban J connectivity index is 1.61. The Bertz CT molecular complexity index is 969. The number of benzene rings is 2. The van der Waals surface area contributed by atoms with E-state index in [1.807, 2.05) is 64.1 Å². The second-order valence-corrected chi connectivity index (χ2v) is 9.49. The molecule has 2 aromatic rings. The third-order valence-corrected chi connectivity index (χ3v) is 7.38. The van der Waals surface area contributed by atoms with Crippen LogP contribution in [-0.2, 0) is 14.8 Å². The summed E-state index contributed by atoms with van der Waals surface area (Å²) < 4.78 is 33.3. The van der Waals surface area contributed by atoms with Crippen LogP contribution in [0.4, 0.5) is 0 Å². The number of nitrogens with zero attached hydrogens (tertiary/aromatic N) is 2. The first-order valence-corrected chi connectivity index (χ1v) is 11.2. The highest BCUT2D eigenvalue weighted by atomic mass is 32.2. The van der Waals surface area contributed by atoms with Gasteiger partial charge in [0, 0.05) is 26.2 Å². The molecular formula is C22H28N2O4S. The zero-order valence-corrected chi connectivity index (χ0v) is 18.3. The zero-order chi connectivity index (χ0) is 21.2. The summed E-state index contributed by atoms with van der Waals surface area (Å²) in [6.45, 7) is 8.84. The normalized spacial score (nSPS) is 15.4. The van der Waals surface area contributed by atoms with Crippen molar-refractivity contribution < 1.29 is 17.9 Å². The van der Waals surface area contributed by atoms with Gasteiger partial charge in [-0.3, -0.25) is 4.79 Å². The number of carbonyl (C=O) groups excluding carboxylic acids is 1. The molecule has 0 unspecified atom stereocenters. The number of carbonyl (C=O) groups is 1. The van der Waals surface area contributed by atoms with Crippen LogP contribution in [0.3, 0.4) is 0 Å². The lowest BCUT2D eigenvalue weighted by Crippen LogP contribution is -2.51. The topological polar surface area (TPSA) is 66.9 Å². The van der Waals surface area contributed by atoms with E-state index in [4.69, 9.17) is 4.74 Å². The fourth-order valence-corrected chi connectivity index (χ4v) is 5.59. The van der Waals surface area contributed by atoms with Crippen molar-refractivity contribution in [3.05, 3.63) is 58.7 Å². The van der Waals surface area contributed by atoms with Crippen molar-refractivity contribution in [2.75, 3.05) is 32.8 Å². The van der Waals surface area contributed by atoms with Crippen LogP contribution in [0.2, 0.25) is 0 Å². The van der Waals surface area contributed by atoms with Gasteiger partial charge in [-0.15, -0.1) is 0 Å². The molecule has 2 aromatic carbocycles. The van der Waals surface area contributed by atoms with Crippen LogP contribution in [0.25, 0.3) is 0 Å². The molecule has 156 valence electrons. The van der Waals surface area contributed by atoms with E-state index in [2.05, 4.69) is 0 Å². The highest BCUT2D eigenvalue weighted by Gasteiger charge is 2.32. The number of piperazine rings is 1. The molecule has 0 aromatic heterocycles. The third-order valence-electron chi connectivity index (χ3n) is 5.18. The van der Waals surface area contributed by atoms with E-state index < -0.39 is 10.0 Å². The standard InChI is InChI=1S/C22H28N2O4S/c1-16-5-7-20(8-6-16)28-15-21(25)23-9-11-24(12-10-23)29(26,27)22-18(3)13-17(2)14-19(22)4/h5-8,13-14H,9-12,15H2,1-4H3. The number of ether oxygens (including phenoxy) is 1. The monoisotopic (exact) mass is 416 g/mol. The molecule has 0 bridgehead atoms. The van der Waals surface area contributed by atoms with Crippen molar-refractivity contribution in [3.8, 4) is 5.75 Å². The van der Waals surface area contributed by atoms with Gasteiger partial charge >= 0.3 is 0 Å². The van der Waals surface area contributed by atoms with Crippen molar-refractivity contribution >= 4 is 15.9 Å². The molecule has 1 heterocycles. The van der Waals surface area contributed by atoms with Gasteiger partial charge in [-0.2, -0.15) is 4.31 Å². The molecule has 0 saturated carbocycles. The smallest absolute Gasteiger partial charge is 0.260 e. The first-order valence-electron chi connectivity index (χ1n) is 9.74. The van der Waals surface area contributed by atoms with Crippen molar-refractivity contribution in [2.45, 2.75) is 32.6 Å². The number of hydrogen-bond acceptors (Lipinski definition) is 4. The second kappa shape index (κ2) is 8.55. The second-order valence-electron chi connectivity index (χ2n) is 7.61. The van der Waals surface area contributed by atoms with Gasteiger partial charge in [0.05, 0.1) is 4.90 Å². The highest BCUT2D eigenvalue weighted by molar-refractivity contribution is 7.89. The minimum absolute atomic E-state index is 0.0496. The molecule has 29 heavy (non-hydrogen) atoms. The van der Waals surface area contributed by atoms with E-state index >= 15 is 0 Å². The van der Waals surface area contributed by atoms with Gasteiger partial charge in [-0.1, -0.05) is 35.4 Å². The van der Waals surface area contributed by atoms with Gasteiger partial charge in [-0.05, 0) is 51.0 Å². The van der Waals surface area contributed by atoms with E-state index in [9.17, 15) is 13.2 Å². The van der Waals surface area contributed by atoms with Crippen molar-refractivity contribution in [2.24, 2.45) is 0 Å². The predicted molar refractivity (Wildman–Crippen MR) is 113 cm³/mol. The Labute approximate surface area is 173 Å². The van der Waals surface area contributed by atoms with E-state index in [1.165, 1.54) is 4.31 Å². The minimum atomic E-state index is -3.58. The Morgan fingerprint density at radius 2 is 1.45 bits per heavy atom. The van der Waals surface area contributed by atoms with Gasteiger partial charge in [0.1, 0.15) is 5.75 Å². The predicted octanol–water partition coefficient (Wildman–Crippen LogP) is 2.83. The molecular weight excluding hydrogens is 388 g/mol. The maximum atomic E-state index is 13.2. The third kappa shape index (κ3) is 4.79. The van der Waals surface area contributed by atoms with Gasteiger partial charge < -0.3 is 9.64 Å². The summed E-state index contributed by atoms with van der Waals surface area (Å²) in [5.74, 6) is 0.515. The van der Waals surface area contributed by atoms with E-state index in [0.717, 1.165) is 22.3 Å². The number of amides is 1. The molecule has 0 radical (unpaired) electrons. The van der Waals surface area contributed by atoms with Gasteiger partial charge in [-0.25, -0.2) is 8.42 Å². The molecule has 0 aliphatic carbocycles. The quantitative estimate of drug-likeness (QED) is 0.752. The van der Waals surface area contributed by atoms with Crippen LogP contribution in [0.5, 0.6) is 5.75 Å². The Kier molecular flexibility index (Phi) is 6.29. The van der Waals surface area contributed by atoms with Gasteiger partial charge in [0.2, 0.25) is 10.0 Å². The molecule has 1 fully saturated rings. The number of rotatable bonds is 5. The largest absolute Gasteiger partial charge is 0.484 e. The molecule has 0 atom stereocenters. The van der Waals surface area contributed by atoms with Crippen LogP contribution < -0.4 is 4.74 Å². The molecule has 1 aliphatic rings. The summed E-state index contributed by atoms with van der Waals surface area (Å²) >= 11 is 0. The summed E-state index contributed by atoms with van der Waals surface area (Å²) in [6.07, 6.45) is 0. The average Bonchev–Trinajstić information content (AvgIpc) is 2.66. The fraction of sp³-hybridized carbons (Fsp3) is 0.409. The lowest BCUT2D eigenvalue weighted by Gasteiger charge is -2.34. The summed E-state index contributed by atoms with van der Waals surface area (Å²) in [6, 6.07) is 11.3. The number of hydrogen-bond donors (Lipinski definition) is 0. The van der Waals surface area contributed by atoms with Gasteiger partial charge in [0.25, 0.3) is 5.91 Å². The van der Waals surface area contributed by atoms with Gasteiger partial charge in [0.15, 0.2) is 6.61 Å². The summed E-state index contributed by atoms with van der Waals surface area (Å²) in [5, 5.41) is 0. The molecule has 3 rings (SSSR count). The maximum absolute atomic E-state index is 13.2. The molecule has 7 heteroatoms. The van der Waals surface area contributed by atoms with E-state index in [0.29, 0.717) is 23.7 Å². The first kappa shape index (κ1) is 21.3. The summed E-state index contributed by atoms with van der Waals surface area (Å²) in [7, 11) is -3.58. The molecule has 6 nitrogen and oxygen atoms in total. The van der Waals surface area contributed by atoms with Crippen LogP contribution in [0, 0.1) is 27.7 Å². The average molecular weight is 417 g/mol.